The van der Waals surface area contributed by atoms with Crippen LogP contribution in [0.25, 0.3) is 0 Å². The Morgan fingerprint density at radius 2 is 1.71 bits per heavy atom. The number of benzene rings is 1. The maximum atomic E-state index is 12.0. The van der Waals surface area contributed by atoms with Crippen LogP contribution in [0.4, 0.5) is 13.2 Å². The van der Waals surface area contributed by atoms with E-state index in [1.807, 2.05) is 0 Å². The van der Waals surface area contributed by atoms with Crippen molar-refractivity contribution in [3.63, 3.8) is 0 Å². The van der Waals surface area contributed by atoms with Crippen LogP contribution in [-0.4, -0.2) is 23.8 Å². The molecule has 0 aliphatic carbocycles. The van der Waals surface area contributed by atoms with Crippen molar-refractivity contribution in [1.82, 2.24) is 0 Å². The molecule has 1 rings (SSSR count). The summed E-state index contributed by atoms with van der Waals surface area (Å²) >= 11 is 0. The minimum atomic E-state index is -5.16. The normalized spacial score (nSPS) is 13.2. The van der Waals surface area contributed by atoms with Crippen molar-refractivity contribution in [1.29, 1.82) is 0 Å². The largest absolute Gasteiger partial charge is 0.458 e. The molecule has 1 atom stereocenters. The number of alkyl halides is 3. The molecule has 0 fully saturated rings. The van der Waals surface area contributed by atoms with Gasteiger partial charge < -0.3 is 5.73 Å². The van der Waals surface area contributed by atoms with E-state index in [9.17, 15) is 22.8 Å². The highest BCUT2D eigenvalue weighted by Crippen LogP contribution is 2.17. The smallest absolute Gasteiger partial charge is 0.321 e. The lowest BCUT2D eigenvalue weighted by molar-refractivity contribution is -0.174. The summed E-state index contributed by atoms with van der Waals surface area (Å²) in [6.07, 6.45) is -5.26. The molecule has 0 heterocycles. The second-order valence-electron chi connectivity index (χ2n) is 3.49. The SMILES string of the molecule is N[C@@H](Cc1ccccc1)C(=O)C(=O)C(F)(F)F. The topological polar surface area (TPSA) is 60.2 Å². The van der Waals surface area contributed by atoms with E-state index in [1.54, 1.807) is 30.3 Å². The molecule has 92 valence electrons. The van der Waals surface area contributed by atoms with Crippen molar-refractivity contribution in [2.45, 2.75) is 18.6 Å². The summed E-state index contributed by atoms with van der Waals surface area (Å²) in [6.45, 7) is 0. The van der Waals surface area contributed by atoms with Crippen molar-refractivity contribution in [3.05, 3.63) is 35.9 Å². The van der Waals surface area contributed by atoms with E-state index in [0.29, 0.717) is 5.56 Å². The number of halogens is 3. The van der Waals surface area contributed by atoms with E-state index in [4.69, 9.17) is 5.73 Å². The summed E-state index contributed by atoms with van der Waals surface area (Å²) in [6, 6.07) is 6.82. The highest BCUT2D eigenvalue weighted by Gasteiger charge is 2.44. The highest BCUT2D eigenvalue weighted by atomic mass is 19.4. The molecule has 0 unspecified atom stereocenters. The van der Waals surface area contributed by atoms with E-state index < -0.39 is 23.8 Å². The van der Waals surface area contributed by atoms with E-state index >= 15 is 0 Å². The highest BCUT2D eigenvalue weighted by molar-refractivity contribution is 6.41. The molecule has 0 saturated carbocycles. The number of nitrogens with two attached hydrogens (primary N) is 1. The van der Waals surface area contributed by atoms with E-state index in [-0.39, 0.29) is 6.42 Å². The van der Waals surface area contributed by atoms with Crippen LogP contribution in [0.3, 0.4) is 0 Å². The zero-order valence-corrected chi connectivity index (χ0v) is 8.70. The predicted octanol–water partition coefficient (Wildman–Crippen LogP) is 1.26. The standard InChI is InChI=1S/C11H10F3NO2/c12-11(13,14)10(17)9(16)8(15)6-7-4-2-1-3-5-7/h1-5,8H,6,15H2/t8-/m0/s1. The Bertz CT molecular complexity index is 414. The molecule has 0 amide bonds. The molecule has 0 spiro atoms. The molecular weight excluding hydrogens is 235 g/mol. The molecule has 0 bridgehead atoms. The molecule has 3 nitrogen and oxygen atoms in total. The molecule has 1 aromatic carbocycles. The monoisotopic (exact) mass is 245 g/mol. The Labute approximate surface area is 95.4 Å². The Balaban J connectivity index is 2.69. The van der Waals surface area contributed by atoms with Crippen molar-refractivity contribution in [2.24, 2.45) is 5.73 Å². The van der Waals surface area contributed by atoms with Gasteiger partial charge in [0.15, 0.2) is 0 Å². The summed E-state index contributed by atoms with van der Waals surface area (Å²) in [5.41, 5.74) is 5.88. The third-order valence-corrected chi connectivity index (χ3v) is 2.12. The second kappa shape index (κ2) is 5.09. The van der Waals surface area contributed by atoms with Crippen LogP contribution in [0, 0.1) is 0 Å². The zero-order valence-electron chi connectivity index (χ0n) is 8.70. The van der Waals surface area contributed by atoms with Crippen LogP contribution >= 0.6 is 0 Å². The number of carbonyl (C=O) groups is 2. The summed E-state index contributed by atoms with van der Waals surface area (Å²) in [5.74, 6) is -4.01. The molecule has 0 radical (unpaired) electrons. The van der Waals surface area contributed by atoms with E-state index in [2.05, 4.69) is 0 Å². The molecule has 0 saturated heterocycles. The van der Waals surface area contributed by atoms with Crippen LogP contribution < -0.4 is 5.73 Å². The summed E-state index contributed by atoms with van der Waals surface area (Å²) in [5, 5.41) is 0. The number of hydrogen-bond acceptors (Lipinski definition) is 3. The summed E-state index contributed by atoms with van der Waals surface area (Å²) < 4.78 is 35.9. The average molecular weight is 245 g/mol. The van der Waals surface area contributed by atoms with Gasteiger partial charge in [0.25, 0.3) is 0 Å². The predicted molar refractivity (Wildman–Crippen MR) is 54.2 cm³/mol. The van der Waals surface area contributed by atoms with Gasteiger partial charge in [0.2, 0.25) is 5.78 Å². The fourth-order valence-corrected chi connectivity index (χ4v) is 1.27. The van der Waals surface area contributed by atoms with Crippen molar-refractivity contribution >= 4 is 11.6 Å². The molecule has 0 aliphatic heterocycles. The number of carbonyl (C=O) groups excluding carboxylic acids is 2. The minimum Gasteiger partial charge on any atom is -0.321 e. The lowest BCUT2D eigenvalue weighted by Gasteiger charge is -2.11. The van der Waals surface area contributed by atoms with Gasteiger partial charge in [-0.05, 0) is 12.0 Å². The Hall–Kier alpha value is -1.69. The van der Waals surface area contributed by atoms with Crippen LogP contribution in [0.5, 0.6) is 0 Å². The maximum Gasteiger partial charge on any atom is 0.458 e. The van der Waals surface area contributed by atoms with Crippen LogP contribution in [0.1, 0.15) is 5.56 Å². The lowest BCUT2D eigenvalue weighted by atomic mass is 10.0. The lowest BCUT2D eigenvalue weighted by Crippen LogP contribution is -2.43. The first-order valence-corrected chi connectivity index (χ1v) is 4.77. The first-order valence-electron chi connectivity index (χ1n) is 4.77. The van der Waals surface area contributed by atoms with Gasteiger partial charge in [0.1, 0.15) is 0 Å². The van der Waals surface area contributed by atoms with Gasteiger partial charge in [0, 0.05) is 0 Å². The third-order valence-electron chi connectivity index (χ3n) is 2.12. The molecule has 2 N–H and O–H groups in total. The van der Waals surface area contributed by atoms with Crippen LogP contribution in [-0.2, 0) is 16.0 Å². The van der Waals surface area contributed by atoms with Crippen molar-refractivity contribution in [2.75, 3.05) is 0 Å². The quantitative estimate of drug-likeness (QED) is 0.812. The van der Waals surface area contributed by atoms with Gasteiger partial charge in [-0.25, -0.2) is 0 Å². The average Bonchev–Trinajstić information content (AvgIpc) is 2.27. The molecular formula is C11H10F3NO2. The third kappa shape index (κ3) is 3.67. The zero-order chi connectivity index (χ0) is 13.1. The Morgan fingerprint density at radius 3 is 2.18 bits per heavy atom. The number of Topliss-reactive ketones (excluding diaryl/α,β-unsaturated/α-hetero) is 2. The second-order valence-corrected chi connectivity index (χ2v) is 3.49. The molecule has 1 aromatic rings. The van der Waals surface area contributed by atoms with Crippen LogP contribution in [0.15, 0.2) is 30.3 Å². The van der Waals surface area contributed by atoms with Crippen molar-refractivity contribution < 1.29 is 22.8 Å². The van der Waals surface area contributed by atoms with Crippen LogP contribution in [0.2, 0.25) is 0 Å². The van der Waals surface area contributed by atoms with Gasteiger partial charge in [-0.3, -0.25) is 9.59 Å². The molecule has 6 heteroatoms. The Morgan fingerprint density at radius 1 is 1.18 bits per heavy atom. The number of hydrogen-bond donors (Lipinski definition) is 1. The van der Waals surface area contributed by atoms with Gasteiger partial charge in [-0.15, -0.1) is 0 Å². The van der Waals surface area contributed by atoms with E-state index in [1.165, 1.54) is 0 Å². The van der Waals surface area contributed by atoms with Crippen molar-refractivity contribution in [3.8, 4) is 0 Å². The van der Waals surface area contributed by atoms with Gasteiger partial charge in [-0.1, -0.05) is 30.3 Å². The molecule has 0 aliphatic rings. The fourth-order valence-electron chi connectivity index (χ4n) is 1.27. The van der Waals surface area contributed by atoms with Gasteiger partial charge >= 0.3 is 12.0 Å². The number of ketones is 2. The Kier molecular flexibility index (Phi) is 4.01. The first-order chi connectivity index (χ1) is 7.82. The van der Waals surface area contributed by atoms with E-state index in [0.717, 1.165) is 0 Å². The van der Waals surface area contributed by atoms with Gasteiger partial charge in [-0.2, -0.15) is 13.2 Å². The number of rotatable bonds is 4. The molecule has 17 heavy (non-hydrogen) atoms. The summed E-state index contributed by atoms with van der Waals surface area (Å²) in [4.78, 5) is 21.7. The molecule has 0 aromatic heterocycles. The minimum absolute atomic E-state index is 0.0957. The fraction of sp³-hybridized carbons (Fsp3) is 0.273. The first kappa shape index (κ1) is 13.4. The maximum absolute atomic E-state index is 12.0. The summed E-state index contributed by atoms with van der Waals surface area (Å²) in [7, 11) is 0. The van der Waals surface area contributed by atoms with Gasteiger partial charge in [0.05, 0.1) is 6.04 Å².